The summed E-state index contributed by atoms with van der Waals surface area (Å²) in [5.74, 6) is 0.286. The van der Waals surface area contributed by atoms with E-state index in [9.17, 15) is 0 Å². The van der Waals surface area contributed by atoms with Crippen LogP contribution in [0.3, 0.4) is 0 Å². The van der Waals surface area contributed by atoms with Crippen LogP contribution in [0.5, 0.6) is 0 Å². The van der Waals surface area contributed by atoms with E-state index in [-0.39, 0.29) is 12.5 Å². The first kappa shape index (κ1) is 14.3. The molecule has 0 aliphatic carbocycles. The molecule has 1 aromatic carbocycles. The highest BCUT2D eigenvalue weighted by Crippen LogP contribution is 2.27. The Morgan fingerprint density at radius 1 is 1.11 bits per heavy atom. The lowest BCUT2D eigenvalue weighted by Crippen LogP contribution is -2.33. The monoisotopic (exact) mass is 275 g/mol. The normalized spacial score (nSPS) is 14.3. The number of thiophene rings is 1. The molecule has 2 unspecified atom stereocenters. The van der Waals surface area contributed by atoms with Crippen LogP contribution in [0.15, 0.2) is 42.5 Å². The smallest absolute Gasteiger partial charge is 0.0471 e. The second-order valence-electron chi connectivity index (χ2n) is 4.96. The molecule has 1 heterocycles. The van der Waals surface area contributed by atoms with Crippen LogP contribution in [0.4, 0.5) is 0 Å². The first-order chi connectivity index (χ1) is 9.20. The van der Waals surface area contributed by atoms with E-state index in [4.69, 9.17) is 5.11 Å². The minimum atomic E-state index is 0.230. The lowest BCUT2D eigenvalue weighted by atomic mass is 10.1. The molecule has 2 rings (SSSR count). The molecule has 102 valence electrons. The van der Waals surface area contributed by atoms with Crippen molar-refractivity contribution in [1.82, 2.24) is 5.32 Å². The molecule has 19 heavy (non-hydrogen) atoms. The van der Waals surface area contributed by atoms with Gasteiger partial charge in [0.15, 0.2) is 0 Å². The Bertz CT molecular complexity index is 494. The van der Waals surface area contributed by atoms with Gasteiger partial charge in [0.05, 0.1) is 0 Å². The molecule has 3 heteroatoms. The SMILES string of the molecule is CC(CO)C(C)NCc1ccc(-c2ccccc2)s1. The van der Waals surface area contributed by atoms with Crippen molar-refractivity contribution < 1.29 is 5.11 Å². The highest BCUT2D eigenvalue weighted by atomic mass is 32.1. The Morgan fingerprint density at radius 2 is 1.84 bits per heavy atom. The van der Waals surface area contributed by atoms with E-state index in [0.717, 1.165) is 6.54 Å². The van der Waals surface area contributed by atoms with Crippen LogP contribution in [-0.4, -0.2) is 17.8 Å². The van der Waals surface area contributed by atoms with Crippen LogP contribution in [0.2, 0.25) is 0 Å². The zero-order valence-electron chi connectivity index (χ0n) is 11.5. The van der Waals surface area contributed by atoms with Crippen LogP contribution < -0.4 is 5.32 Å². The lowest BCUT2D eigenvalue weighted by Gasteiger charge is -2.18. The van der Waals surface area contributed by atoms with Crippen molar-refractivity contribution in [3.8, 4) is 10.4 Å². The zero-order valence-corrected chi connectivity index (χ0v) is 12.3. The summed E-state index contributed by atoms with van der Waals surface area (Å²) >= 11 is 1.82. The molecule has 0 spiro atoms. The predicted molar refractivity (Wildman–Crippen MR) is 82.3 cm³/mol. The number of hydrogen-bond acceptors (Lipinski definition) is 3. The van der Waals surface area contributed by atoms with Crippen LogP contribution in [0.1, 0.15) is 18.7 Å². The van der Waals surface area contributed by atoms with Gasteiger partial charge >= 0.3 is 0 Å². The van der Waals surface area contributed by atoms with Gasteiger partial charge in [0.1, 0.15) is 0 Å². The molecule has 0 amide bonds. The van der Waals surface area contributed by atoms with E-state index in [1.165, 1.54) is 15.3 Å². The third-order valence-corrected chi connectivity index (χ3v) is 4.59. The molecule has 0 saturated carbocycles. The Hall–Kier alpha value is -1.16. The molecule has 1 aromatic heterocycles. The number of aliphatic hydroxyl groups is 1. The first-order valence-electron chi connectivity index (χ1n) is 6.69. The maximum Gasteiger partial charge on any atom is 0.0471 e. The largest absolute Gasteiger partial charge is 0.396 e. The fraction of sp³-hybridized carbons (Fsp3) is 0.375. The van der Waals surface area contributed by atoms with Gasteiger partial charge in [-0.3, -0.25) is 0 Å². The molecule has 0 aliphatic heterocycles. The van der Waals surface area contributed by atoms with E-state index in [1.807, 2.05) is 17.4 Å². The first-order valence-corrected chi connectivity index (χ1v) is 7.50. The summed E-state index contributed by atoms with van der Waals surface area (Å²) in [5, 5.41) is 12.6. The second kappa shape index (κ2) is 6.85. The van der Waals surface area contributed by atoms with Gasteiger partial charge < -0.3 is 10.4 Å². The van der Waals surface area contributed by atoms with Crippen molar-refractivity contribution in [3.05, 3.63) is 47.3 Å². The maximum atomic E-state index is 9.12. The summed E-state index contributed by atoms with van der Waals surface area (Å²) in [6.07, 6.45) is 0. The van der Waals surface area contributed by atoms with Gasteiger partial charge in [0.25, 0.3) is 0 Å². The molecule has 0 bridgehead atoms. The summed E-state index contributed by atoms with van der Waals surface area (Å²) < 4.78 is 0. The highest BCUT2D eigenvalue weighted by Gasteiger charge is 2.10. The van der Waals surface area contributed by atoms with Crippen LogP contribution in [0, 0.1) is 5.92 Å². The molecule has 0 saturated heterocycles. The van der Waals surface area contributed by atoms with Gasteiger partial charge in [-0.25, -0.2) is 0 Å². The Labute approximate surface area is 119 Å². The number of benzene rings is 1. The van der Waals surface area contributed by atoms with E-state index in [0.29, 0.717) is 6.04 Å². The zero-order chi connectivity index (χ0) is 13.7. The topological polar surface area (TPSA) is 32.3 Å². The number of aliphatic hydroxyl groups excluding tert-OH is 1. The van der Waals surface area contributed by atoms with Crippen molar-refractivity contribution in [3.63, 3.8) is 0 Å². The molecule has 2 atom stereocenters. The number of hydrogen-bond donors (Lipinski definition) is 2. The molecular formula is C16H21NOS. The third kappa shape index (κ3) is 3.90. The van der Waals surface area contributed by atoms with Gasteiger partial charge in [-0.05, 0) is 30.5 Å². The molecule has 0 radical (unpaired) electrons. The van der Waals surface area contributed by atoms with Crippen LogP contribution >= 0.6 is 11.3 Å². The van der Waals surface area contributed by atoms with Crippen molar-refractivity contribution in [1.29, 1.82) is 0 Å². The second-order valence-corrected chi connectivity index (χ2v) is 6.13. The van der Waals surface area contributed by atoms with Gasteiger partial charge in [0.2, 0.25) is 0 Å². The highest BCUT2D eigenvalue weighted by molar-refractivity contribution is 7.15. The fourth-order valence-electron chi connectivity index (χ4n) is 1.85. The summed E-state index contributed by atoms with van der Waals surface area (Å²) in [7, 11) is 0. The molecule has 0 fully saturated rings. The lowest BCUT2D eigenvalue weighted by molar-refractivity contribution is 0.207. The van der Waals surface area contributed by atoms with Crippen molar-refractivity contribution in [2.24, 2.45) is 5.92 Å². The van der Waals surface area contributed by atoms with E-state index < -0.39 is 0 Å². The van der Waals surface area contributed by atoms with Gasteiger partial charge in [-0.2, -0.15) is 0 Å². The maximum absolute atomic E-state index is 9.12. The Morgan fingerprint density at radius 3 is 2.53 bits per heavy atom. The average molecular weight is 275 g/mol. The van der Waals surface area contributed by atoms with E-state index in [2.05, 4.69) is 55.6 Å². The van der Waals surface area contributed by atoms with Gasteiger partial charge in [-0.15, -0.1) is 11.3 Å². The molecule has 2 N–H and O–H groups in total. The summed E-state index contributed by atoms with van der Waals surface area (Å²) in [6, 6.07) is 15.1. The molecule has 2 aromatic rings. The predicted octanol–water partition coefficient (Wildman–Crippen LogP) is 3.52. The standard InChI is InChI=1S/C16H21NOS/c1-12(11-18)13(2)17-10-15-8-9-16(19-15)14-6-4-3-5-7-14/h3-9,12-13,17-18H,10-11H2,1-2H3. The number of nitrogens with one attached hydrogen (secondary N) is 1. The van der Waals surface area contributed by atoms with Gasteiger partial charge in [-0.1, -0.05) is 37.3 Å². The minimum Gasteiger partial charge on any atom is -0.396 e. The molecule has 0 aliphatic rings. The number of rotatable bonds is 6. The van der Waals surface area contributed by atoms with Crippen molar-refractivity contribution in [2.45, 2.75) is 26.4 Å². The summed E-state index contributed by atoms with van der Waals surface area (Å²) in [4.78, 5) is 2.64. The molecular weight excluding hydrogens is 254 g/mol. The van der Waals surface area contributed by atoms with Gasteiger partial charge in [0, 0.05) is 28.9 Å². The van der Waals surface area contributed by atoms with E-state index in [1.54, 1.807) is 0 Å². The Balaban J connectivity index is 1.95. The molecule has 2 nitrogen and oxygen atoms in total. The van der Waals surface area contributed by atoms with E-state index >= 15 is 0 Å². The minimum absolute atomic E-state index is 0.230. The van der Waals surface area contributed by atoms with Crippen molar-refractivity contribution in [2.75, 3.05) is 6.61 Å². The third-order valence-electron chi connectivity index (χ3n) is 3.46. The Kier molecular flexibility index (Phi) is 5.14. The summed E-state index contributed by atoms with van der Waals surface area (Å²) in [6.45, 7) is 5.27. The van der Waals surface area contributed by atoms with Crippen LogP contribution in [0.25, 0.3) is 10.4 Å². The van der Waals surface area contributed by atoms with Crippen LogP contribution in [-0.2, 0) is 6.54 Å². The summed E-state index contributed by atoms with van der Waals surface area (Å²) in [5.41, 5.74) is 1.27. The fourth-order valence-corrected chi connectivity index (χ4v) is 2.82. The average Bonchev–Trinajstić information content (AvgIpc) is 2.93. The quantitative estimate of drug-likeness (QED) is 0.845. The van der Waals surface area contributed by atoms with Crippen molar-refractivity contribution >= 4 is 11.3 Å².